The highest BCUT2D eigenvalue weighted by atomic mass is 35.5. The van der Waals surface area contributed by atoms with Crippen molar-refractivity contribution in [2.75, 3.05) is 17.7 Å². The van der Waals surface area contributed by atoms with Gasteiger partial charge in [-0.05, 0) is 42.0 Å². The minimum absolute atomic E-state index is 0.0308. The number of hydrogen-bond donors (Lipinski definition) is 1. The third-order valence-electron chi connectivity index (χ3n) is 2.90. The Balaban J connectivity index is 1.75. The molecule has 120 valence electrons. The Morgan fingerprint density at radius 2 is 2.04 bits per heavy atom. The van der Waals surface area contributed by atoms with Gasteiger partial charge in [-0.3, -0.25) is 4.79 Å². The second-order valence-corrected chi connectivity index (χ2v) is 6.22. The van der Waals surface area contributed by atoms with Crippen molar-refractivity contribution in [1.82, 2.24) is 0 Å². The third-order valence-corrected chi connectivity index (χ3v) is 4.14. The van der Waals surface area contributed by atoms with Gasteiger partial charge in [0.1, 0.15) is 12.4 Å². The van der Waals surface area contributed by atoms with Crippen LogP contribution < -0.4 is 10.1 Å². The molecule has 2 aromatic carbocycles. The van der Waals surface area contributed by atoms with Gasteiger partial charge in [0, 0.05) is 16.5 Å². The Labute approximate surface area is 145 Å². The van der Waals surface area contributed by atoms with Gasteiger partial charge in [-0.25, -0.2) is 0 Å². The Bertz CT molecular complexity index is 658. The standard InChI is InChI=1S/C18H18ClNO2S/c1-2-10-22-17-8-6-16(7-9-17)20-18(21)13-23-12-14-4-3-5-15(19)11-14/h2-9,11H,1,10,12-13H2,(H,20,21). The molecule has 0 unspecified atom stereocenters. The summed E-state index contributed by atoms with van der Waals surface area (Å²) in [4.78, 5) is 11.9. The topological polar surface area (TPSA) is 38.3 Å². The Hall–Kier alpha value is -1.91. The van der Waals surface area contributed by atoms with Crippen LogP contribution in [0.4, 0.5) is 5.69 Å². The smallest absolute Gasteiger partial charge is 0.234 e. The summed E-state index contributed by atoms with van der Waals surface area (Å²) in [5, 5.41) is 3.58. The second-order valence-electron chi connectivity index (χ2n) is 4.79. The van der Waals surface area contributed by atoms with E-state index >= 15 is 0 Å². The van der Waals surface area contributed by atoms with Crippen LogP contribution in [0.2, 0.25) is 5.02 Å². The van der Waals surface area contributed by atoms with Crippen LogP contribution in [0.5, 0.6) is 5.75 Å². The summed E-state index contributed by atoms with van der Waals surface area (Å²) in [6, 6.07) is 14.9. The zero-order valence-electron chi connectivity index (χ0n) is 12.6. The third kappa shape index (κ3) is 6.38. The van der Waals surface area contributed by atoms with Crippen molar-refractivity contribution < 1.29 is 9.53 Å². The number of anilines is 1. The van der Waals surface area contributed by atoms with E-state index < -0.39 is 0 Å². The average molecular weight is 348 g/mol. The van der Waals surface area contributed by atoms with Crippen LogP contribution in [0, 0.1) is 0 Å². The number of rotatable bonds is 8. The lowest BCUT2D eigenvalue weighted by molar-refractivity contribution is -0.113. The zero-order chi connectivity index (χ0) is 16.5. The highest BCUT2D eigenvalue weighted by molar-refractivity contribution is 7.99. The average Bonchev–Trinajstić information content (AvgIpc) is 2.54. The molecule has 23 heavy (non-hydrogen) atoms. The highest BCUT2D eigenvalue weighted by Crippen LogP contribution is 2.18. The summed E-state index contributed by atoms with van der Waals surface area (Å²) in [5.74, 6) is 1.86. The molecule has 1 amide bonds. The molecule has 0 aliphatic carbocycles. The summed E-state index contributed by atoms with van der Waals surface area (Å²) in [5.41, 5.74) is 1.86. The van der Waals surface area contributed by atoms with E-state index in [-0.39, 0.29) is 5.91 Å². The largest absolute Gasteiger partial charge is 0.490 e. The first-order valence-electron chi connectivity index (χ1n) is 7.13. The molecule has 2 aromatic rings. The number of carbonyl (C=O) groups excluding carboxylic acids is 1. The van der Waals surface area contributed by atoms with E-state index in [0.717, 1.165) is 22.8 Å². The summed E-state index contributed by atoms with van der Waals surface area (Å²) >= 11 is 7.48. The minimum Gasteiger partial charge on any atom is -0.490 e. The molecule has 0 aliphatic heterocycles. The van der Waals surface area contributed by atoms with Crippen molar-refractivity contribution in [3.05, 3.63) is 71.8 Å². The molecule has 0 heterocycles. The first-order chi connectivity index (χ1) is 11.2. The SMILES string of the molecule is C=CCOc1ccc(NC(=O)CSCc2cccc(Cl)c2)cc1. The predicted octanol–water partition coefficient (Wildman–Crippen LogP) is 4.78. The summed E-state index contributed by atoms with van der Waals surface area (Å²) in [6.45, 7) is 4.06. The lowest BCUT2D eigenvalue weighted by atomic mass is 10.2. The van der Waals surface area contributed by atoms with E-state index in [4.69, 9.17) is 16.3 Å². The molecule has 3 nitrogen and oxygen atoms in total. The van der Waals surface area contributed by atoms with E-state index in [2.05, 4.69) is 11.9 Å². The number of hydrogen-bond acceptors (Lipinski definition) is 3. The van der Waals surface area contributed by atoms with Gasteiger partial charge in [-0.1, -0.05) is 36.4 Å². The number of benzene rings is 2. The van der Waals surface area contributed by atoms with Crippen molar-refractivity contribution >= 4 is 35.0 Å². The maximum absolute atomic E-state index is 11.9. The van der Waals surface area contributed by atoms with Crippen molar-refractivity contribution in [3.8, 4) is 5.75 Å². The van der Waals surface area contributed by atoms with Gasteiger partial charge < -0.3 is 10.1 Å². The molecule has 1 N–H and O–H groups in total. The predicted molar refractivity (Wildman–Crippen MR) is 98.4 cm³/mol. The fraction of sp³-hybridized carbons (Fsp3) is 0.167. The molecular formula is C18H18ClNO2S. The van der Waals surface area contributed by atoms with Gasteiger partial charge in [-0.15, -0.1) is 11.8 Å². The Kier molecular flexibility index (Phi) is 7.04. The van der Waals surface area contributed by atoms with E-state index in [1.807, 2.05) is 48.5 Å². The van der Waals surface area contributed by atoms with Crippen molar-refractivity contribution in [3.63, 3.8) is 0 Å². The van der Waals surface area contributed by atoms with Crippen molar-refractivity contribution in [2.45, 2.75) is 5.75 Å². The fourth-order valence-electron chi connectivity index (χ4n) is 1.88. The van der Waals surface area contributed by atoms with E-state index in [1.165, 1.54) is 0 Å². The Morgan fingerprint density at radius 1 is 1.26 bits per heavy atom. The quantitative estimate of drug-likeness (QED) is 0.698. The second kappa shape index (κ2) is 9.28. The molecule has 2 rings (SSSR count). The molecule has 0 fully saturated rings. The molecule has 5 heteroatoms. The molecular weight excluding hydrogens is 330 g/mol. The maximum Gasteiger partial charge on any atom is 0.234 e. The summed E-state index contributed by atoms with van der Waals surface area (Å²) in [7, 11) is 0. The maximum atomic E-state index is 11.9. The number of amides is 1. The van der Waals surface area contributed by atoms with Crippen molar-refractivity contribution in [1.29, 1.82) is 0 Å². The molecule has 0 spiro atoms. The van der Waals surface area contributed by atoms with Crippen LogP contribution in [-0.2, 0) is 10.5 Å². The van der Waals surface area contributed by atoms with Crippen LogP contribution in [0.25, 0.3) is 0 Å². The van der Waals surface area contributed by atoms with Gasteiger partial charge in [0.2, 0.25) is 5.91 Å². The molecule has 0 atom stereocenters. The number of carbonyl (C=O) groups is 1. The van der Waals surface area contributed by atoms with E-state index in [1.54, 1.807) is 17.8 Å². The number of ether oxygens (including phenoxy) is 1. The summed E-state index contributed by atoms with van der Waals surface area (Å²) < 4.78 is 5.39. The molecule has 0 bridgehead atoms. The number of halogens is 1. The van der Waals surface area contributed by atoms with Crippen molar-refractivity contribution in [2.24, 2.45) is 0 Å². The molecule has 0 radical (unpaired) electrons. The van der Waals surface area contributed by atoms with Gasteiger partial charge in [-0.2, -0.15) is 0 Å². The van der Waals surface area contributed by atoms with E-state index in [9.17, 15) is 4.79 Å². The monoisotopic (exact) mass is 347 g/mol. The van der Waals surface area contributed by atoms with Gasteiger partial charge in [0.25, 0.3) is 0 Å². The van der Waals surface area contributed by atoms with Crippen LogP contribution in [0.3, 0.4) is 0 Å². The van der Waals surface area contributed by atoms with E-state index in [0.29, 0.717) is 17.4 Å². The van der Waals surface area contributed by atoms with Gasteiger partial charge in [0.05, 0.1) is 5.75 Å². The summed E-state index contributed by atoms with van der Waals surface area (Å²) in [6.07, 6.45) is 1.69. The first-order valence-corrected chi connectivity index (χ1v) is 8.66. The fourth-order valence-corrected chi connectivity index (χ4v) is 2.86. The zero-order valence-corrected chi connectivity index (χ0v) is 14.2. The molecule has 0 saturated heterocycles. The van der Waals surface area contributed by atoms with Crippen LogP contribution >= 0.6 is 23.4 Å². The highest BCUT2D eigenvalue weighted by Gasteiger charge is 2.04. The van der Waals surface area contributed by atoms with Gasteiger partial charge >= 0.3 is 0 Å². The van der Waals surface area contributed by atoms with Crippen LogP contribution in [-0.4, -0.2) is 18.3 Å². The molecule has 0 saturated carbocycles. The molecule has 0 aliphatic rings. The first kappa shape index (κ1) is 17.4. The van der Waals surface area contributed by atoms with Gasteiger partial charge in [0.15, 0.2) is 0 Å². The number of thioether (sulfide) groups is 1. The number of nitrogens with one attached hydrogen (secondary N) is 1. The lowest BCUT2D eigenvalue weighted by Gasteiger charge is -2.07. The minimum atomic E-state index is -0.0308. The van der Waals surface area contributed by atoms with Crippen LogP contribution in [0.1, 0.15) is 5.56 Å². The molecule has 0 aromatic heterocycles. The lowest BCUT2D eigenvalue weighted by Crippen LogP contribution is -2.14. The normalized spacial score (nSPS) is 10.1. The van der Waals surface area contributed by atoms with Crippen LogP contribution in [0.15, 0.2) is 61.2 Å². The Morgan fingerprint density at radius 3 is 2.74 bits per heavy atom.